The number of H-pyrrole nitrogens is 1. The Balaban J connectivity index is 2.08. The van der Waals surface area contributed by atoms with E-state index in [1.54, 1.807) is 0 Å². The van der Waals surface area contributed by atoms with Crippen LogP contribution in [0.15, 0.2) is 11.4 Å². The normalized spacial score (nSPS) is 17.3. The molecule has 0 spiro atoms. The Hall–Kier alpha value is -2.05. The first-order chi connectivity index (χ1) is 8.22. The summed E-state index contributed by atoms with van der Waals surface area (Å²) in [6.45, 7) is 0. The van der Waals surface area contributed by atoms with Crippen LogP contribution in [-0.2, 0) is 4.79 Å². The molecule has 7 heteroatoms. The maximum Gasteiger partial charge on any atom is 0.228 e. The van der Waals surface area contributed by atoms with Gasteiger partial charge >= 0.3 is 0 Å². The number of oxime groups is 1. The summed E-state index contributed by atoms with van der Waals surface area (Å²) in [7, 11) is 0. The van der Waals surface area contributed by atoms with Gasteiger partial charge in [-0.3, -0.25) is 9.89 Å². The van der Waals surface area contributed by atoms with Gasteiger partial charge in [0.15, 0.2) is 5.84 Å². The van der Waals surface area contributed by atoms with Gasteiger partial charge in [0.25, 0.3) is 0 Å². The fourth-order valence-electron chi connectivity index (χ4n) is 2.04. The number of amides is 1. The smallest absolute Gasteiger partial charge is 0.228 e. The van der Waals surface area contributed by atoms with Gasteiger partial charge in [0, 0.05) is 5.92 Å². The molecule has 0 aliphatic heterocycles. The summed E-state index contributed by atoms with van der Waals surface area (Å²) in [5.74, 6) is 0.301. The first-order valence-electron chi connectivity index (χ1n) is 5.54. The van der Waals surface area contributed by atoms with E-state index in [1.165, 1.54) is 6.20 Å². The van der Waals surface area contributed by atoms with Crippen molar-refractivity contribution in [1.29, 1.82) is 0 Å². The van der Waals surface area contributed by atoms with Crippen molar-refractivity contribution in [2.24, 2.45) is 16.8 Å². The van der Waals surface area contributed by atoms with Crippen LogP contribution in [0.5, 0.6) is 0 Å². The van der Waals surface area contributed by atoms with Crippen molar-refractivity contribution in [2.75, 3.05) is 5.32 Å². The minimum atomic E-state index is -0.0829. The van der Waals surface area contributed by atoms with Crippen LogP contribution < -0.4 is 11.1 Å². The second kappa shape index (κ2) is 4.86. The van der Waals surface area contributed by atoms with Gasteiger partial charge in [-0.05, 0) is 12.8 Å². The van der Waals surface area contributed by atoms with Crippen molar-refractivity contribution < 1.29 is 10.0 Å². The van der Waals surface area contributed by atoms with Crippen LogP contribution >= 0.6 is 0 Å². The number of aromatic amines is 1. The van der Waals surface area contributed by atoms with E-state index in [9.17, 15) is 4.79 Å². The monoisotopic (exact) mass is 237 g/mol. The summed E-state index contributed by atoms with van der Waals surface area (Å²) >= 11 is 0. The Morgan fingerprint density at radius 2 is 2.29 bits per heavy atom. The molecule has 5 N–H and O–H groups in total. The number of anilines is 1. The standard InChI is InChI=1S/C10H15N5O2/c11-8(15-17)7-5-12-14-9(7)13-10(16)6-3-1-2-4-6/h5-6,17H,1-4H2,(H2,11,15)(H2,12,13,14,16). The molecule has 0 unspecified atom stereocenters. The van der Waals surface area contributed by atoms with E-state index >= 15 is 0 Å². The zero-order valence-corrected chi connectivity index (χ0v) is 9.31. The Labute approximate surface area is 98.1 Å². The van der Waals surface area contributed by atoms with Crippen molar-refractivity contribution in [3.05, 3.63) is 11.8 Å². The lowest BCUT2D eigenvalue weighted by Crippen LogP contribution is -2.23. The number of amidine groups is 1. The van der Waals surface area contributed by atoms with Gasteiger partial charge in [-0.2, -0.15) is 5.10 Å². The lowest BCUT2D eigenvalue weighted by molar-refractivity contribution is -0.119. The molecule has 7 nitrogen and oxygen atoms in total. The quantitative estimate of drug-likeness (QED) is 0.267. The second-order valence-electron chi connectivity index (χ2n) is 4.11. The fourth-order valence-corrected chi connectivity index (χ4v) is 2.04. The van der Waals surface area contributed by atoms with E-state index in [2.05, 4.69) is 20.7 Å². The first kappa shape index (κ1) is 11.4. The Morgan fingerprint density at radius 1 is 1.59 bits per heavy atom. The minimum Gasteiger partial charge on any atom is -0.409 e. The van der Waals surface area contributed by atoms with E-state index in [1.807, 2.05) is 0 Å². The average molecular weight is 237 g/mol. The molecule has 2 rings (SSSR count). The van der Waals surface area contributed by atoms with Crippen molar-refractivity contribution in [2.45, 2.75) is 25.7 Å². The van der Waals surface area contributed by atoms with Gasteiger partial charge in [0.2, 0.25) is 5.91 Å². The summed E-state index contributed by atoms with van der Waals surface area (Å²) < 4.78 is 0. The molecule has 1 amide bonds. The Kier molecular flexibility index (Phi) is 3.27. The highest BCUT2D eigenvalue weighted by molar-refractivity contribution is 6.04. The predicted octanol–water partition coefficient (Wildman–Crippen LogP) is 0.633. The molecule has 1 aromatic rings. The zero-order chi connectivity index (χ0) is 12.3. The van der Waals surface area contributed by atoms with E-state index in [0.29, 0.717) is 11.4 Å². The van der Waals surface area contributed by atoms with Gasteiger partial charge in [0.05, 0.1) is 11.8 Å². The molecule has 92 valence electrons. The molecular formula is C10H15N5O2. The van der Waals surface area contributed by atoms with Crippen molar-refractivity contribution in [3.63, 3.8) is 0 Å². The number of nitrogens with zero attached hydrogens (tertiary/aromatic N) is 2. The molecular weight excluding hydrogens is 222 g/mol. The lowest BCUT2D eigenvalue weighted by atomic mass is 10.1. The molecule has 1 saturated carbocycles. The third kappa shape index (κ3) is 2.38. The van der Waals surface area contributed by atoms with E-state index in [4.69, 9.17) is 10.9 Å². The predicted molar refractivity (Wildman–Crippen MR) is 61.7 cm³/mol. The molecule has 1 aliphatic rings. The number of carbonyl (C=O) groups is 1. The zero-order valence-electron chi connectivity index (χ0n) is 9.31. The topological polar surface area (TPSA) is 116 Å². The summed E-state index contributed by atoms with van der Waals surface area (Å²) in [5, 5.41) is 20.6. The number of rotatable bonds is 3. The number of hydrogen-bond donors (Lipinski definition) is 4. The number of aromatic nitrogens is 2. The largest absolute Gasteiger partial charge is 0.409 e. The number of nitrogens with two attached hydrogens (primary N) is 1. The maximum atomic E-state index is 11.9. The highest BCUT2D eigenvalue weighted by atomic mass is 16.4. The number of nitrogens with one attached hydrogen (secondary N) is 2. The molecule has 17 heavy (non-hydrogen) atoms. The van der Waals surface area contributed by atoms with E-state index < -0.39 is 0 Å². The van der Waals surface area contributed by atoms with Crippen LogP contribution in [0.4, 0.5) is 5.82 Å². The van der Waals surface area contributed by atoms with Crippen LogP contribution in [-0.4, -0.2) is 27.1 Å². The summed E-state index contributed by atoms with van der Waals surface area (Å²) in [4.78, 5) is 11.9. The van der Waals surface area contributed by atoms with Gasteiger partial charge in [-0.25, -0.2) is 0 Å². The average Bonchev–Trinajstić information content (AvgIpc) is 2.98. The summed E-state index contributed by atoms with van der Waals surface area (Å²) in [5.41, 5.74) is 5.85. The summed E-state index contributed by atoms with van der Waals surface area (Å²) in [6, 6.07) is 0. The van der Waals surface area contributed by atoms with E-state index in [0.717, 1.165) is 25.7 Å². The third-order valence-corrected chi connectivity index (χ3v) is 3.00. The lowest BCUT2D eigenvalue weighted by Gasteiger charge is -2.09. The molecule has 0 bridgehead atoms. The number of hydrogen-bond acceptors (Lipinski definition) is 4. The highest BCUT2D eigenvalue weighted by Gasteiger charge is 2.24. The summed E-state index contributed by atoms with van der Waals surface area (Å²) in [6.07, 6.45) is 5.42. The SMILES string of the molecule is NC(=NO)c1cn[nH]c1NC(=O)C1CCCC1. The van der Waals surface area contributed by atoms with Gasteiger partial charge in [-0.15, -0.1) is 0 Å². The van der Waals surface area contributed by atoms with Crippen LogP contribution in [0.1, 0.15) is 31.2 Å². The van der Waals surface area contributed by atoms with Crippen molar-refractivity contribution >= 4 is 17.6 Å². The fraction of sp³-hybridized carbons (Fsp3) is 0.500. The Morgan fingerprint density at radius 3 is 2.94 bits per heavy atom. The van der Waals surface area contributed by atoms with E-state index in [-0.39, 0.29) is 17.7 Å². The van der Waals surface area contributed by atoms with Gasteiger partial charge in [0.1, 0.15) is 5.82 Å². The maximum absolute atomic E-state index is 11.9. The molecule has 0 radical (unpaired) electrons. The first-order valence-corrected chi connectivity index (χ1v) is 5.54. The Bertz CT molecular complexity index is 434. The molecule has 1 fully saturated rings. The van der Waals surface area contributed by atoms with Crippen molar-refractivity contribution in [1.82, 2.24) is 10.2 Å². The molecule has 1 aromatic heterocycles. The third-order valence-electron chi connectivity index (χ3n) is 3.00. The van der Waals surface area contributed by atoms with Crippen LogP contribution in [0.3, 0.4) is 0 Å². The molecule has 1 heterocycles. The van der Waals surface area contributed by atoms with Crippen LogP contribution in [0, 0.1) is 5.92 Å². The number of carbonyl (C=O) groups excluding carboxylic acids is 1. The van der Waals surface area contributed by atoms with Gasteiger partial charge < -0.3 is 16.3 Å². The molecule has 0 atom stereocenters. The van der Waals surface area contributed by atoms with Gasteiger partial charge in [-0.1, -0.05) is 18.0 Å². The van der Waals surface area contributed by atoms with Crippen molar-refractivity contribution in [3.8, 4) is 0 Å². The molecule has 0 aromatic carbocycles. The molecule has 1 aliphatic carbocycles. The second-order valence-corrected chi connectivity index (χ2v) is 4.11. The van der Waals surface area contributed by atoms with Crippen LogP contribution in [0.25, 0.3) is 0 Å². The molecule has 0 saturated heterocycles. The minimum absolute atomic E-state index is 0.0428. The highest BCUT2D eigenvalue weighted by Crippen LogP contribution is 2.26. The van der Waals surface area contributed by atoms with Crippen LogP contribution in [0.2, 0.25) is 0 Å².